The monoisotopic (exact) mass is 308 g/mol. The molecule has 1 N–H and O–H groups in total. The van der Waals surface area contributed by atoms with Crippen LogP contribution < -0.4 is 4.74 Å². The summed E-state index contributed by atoms with van der Waals surface area (Å²) in [5.41, 5.74) is 0.805. The predicted octanol–water partition coefficient (Wildman–Crippen LogP) is 2.71. The normalized spacial score (nSPS) is 13.3. The van der Waals surface area contributed by atoms with Gasteiger partial charge in [0.05, 0.1) is 13.2 Å². The van der Waals surface area contributed by atoms with Gasteiger partial charge in [-0.05, 0) is 29.9 Å². The van der Waals surface area contributed by atoms with Gasteiger partial charge < -0.3 is 9.84 Å². The molecule has 0 radical (unpaired) electrons. The van der Waals surface area contributed by atoms with Crippen LogP contribution in [0.2, 0.25) is 0 Å². The third-order valence-corrected chi connectivity index (χ3v) is 4.52. The van der Waals surface area contributed by atoms with E-state index in [0.29, 0.717) is 12.8 Å². The van der Waals surface area contributed by atoms with Crippen LogP contribution >= 0.6 is 0 Å². The predicted molar refractivity (Wildman–Crippen MR) is 84.4 cm³/mol. The lowest BCUT2D eigenvalue weighted by atomic mass is 9.97. The fourth-order valence-corrected chi connectivity index (χ4v) is 3.15. The maximum atomic E-state index is 11.1. The Kier molecular flexibility index (Phi) is 4.85. The number of rotatable bonds is 6. The minimum Gasteiger partial charge on any atom is -0.496 e. The van der Waals surface area contributed by atoms with Gasteiger partial charge in [-0.15, -0.1) is 0 Å². The molecule has 0 aliphatic rings. The number of aliphatic hydroxyl groups excluding tert-OH is 1. The molecule has 0 saturated carbocycles. The van der Waals surface area contributed by atoms with Crippen molar-refractivity contribution < 1.29 is 18.3 Å². The zero-order chi connectivity index (χ0) is 15.5. The molecular weight excluding hydrogens is 288 g/mol. The second-order valence-electron chi connectivity index (χ2n) is 5.19. The van der Waals surface area contributed by atoms with Crippen molar-refractivity contribution in [1.29, 1.82) is 0 Å². The van der Waals surface area contributed by atoms with E-state index in [1.807, 2.05) is 36.4 Å². The Labute approximate surface area is 125 Å². The quantitative estimate of drug-likeness (QED) is 0.891. The molecule has 1 atom stereocenters. The largest absolute Gasteiger partial charge is 0.496 e. The van der Waals surface area contributed by atoms with Crippen molar-refractivity contribution in [1.82, 2.24) is 0 Å². The highest BCUT2D eigenvalue weighted by molar-refractivity contribution is 7.90. The number of methoxy groups -OCH3 is 1. The van der Waals surface area contributed by atoms with E-state index < -0.39 is 15.9 Å². The molecule has 0 saturated heterocycles. The van der Waals surface area contributed by atoms with Crippen molar-refractivity contribution in [3.63, 3.8) is 0 Å². The lowest BCUT2D eigenvalue weighted by Gasteiger charge is -2.15. The van der Waals surface area contributed by atoms with Crippen LogP contribution in [0.3, 0.4) is 0 Å². The Hall–Kier alpha value is -1.59. The number of aliphatic hydroxyl groups is 1. The van der Waals surface area contributed by atoms with Gasteiger partial charge in [0, 0.05) is 17.4 Å². The zero-order valence-corrected chi connectivity index (χ0v) is 13.1. The highest BCUT2D eigenvalue weighted by Gasteiger charge is 2.14. The molecule has 0 spiro atoms. The Morgan fingerprint density at radius 3 is 2.43 bits per heavy atom. The standard InChI is InChI=1S/C16H20O4S/c1-20-16-10-9-13(12-6-3-4-7-14(12)16)15(17)8-5-11-21(2,18)19/h3-4,6-7,9-10,15,17H,5,8,11H2,1-2H3. The number of ether oxygens (including phenoxy) is 1. The summed E-state index contributed by atoms with van der Waals surface area (Å²) in [4.78, 5) is 0. The van der Waals surface area contributed by atoms with E-state index >= 15 is 0 Å². The van der Waals surface area contributed by atoms with Gasteiger partial charge in [-0.2, -0.15) is 0 Å². The topological polar surface area (TPSA) is 63.6 Å². The second kappa shape index (κ2) is 6.45. The van der Waals surface area contributed by atoms with Gasteiger partial charge in [0.1, 0.15) is 15.6 Å². The first-order valence-electron chi connectivity index (χ1n) is 6.84. The van der Waals surface area contributed by atoms with E-state index in [1.165, 1.54) is 6.26 Å². The summed E-state index contributed by atoms with van der Waals surface area (Å²) in [6.07, 6.45) is 1.40. The van der Waals surface area contributed by atoms with Crippen molar-refractivity contribution in [2.45, 2.75) is 18.9 Å². The summed E-state index contributed by atoms with van der Waals surface area (Å²) in [7, 11) is -1.37. The SMILES string of the molecule is COc1ccc(C(O)CCCS(C)(=O)=O)c2ccccc12. The molecule has 5 heteroatoms. The van der Waals surface area contributed by atoms with Crippen LogP contribution in [0.5, 0.6) is 5.75 Å². The summed E-state index contributed by atoms with van der Waals surface area (Å²) < 4.78 is 27.6. The molecule has 0 fully saturated rings. The van der Waals surface area contributed by atoms with Gasteiger partial charge in [-0.1, -0.05) is 30.3 Å². The van der Waals surface area contributed by atoms with Gasteiger partial charge in [0.15, 0.2) is 0 Å². The van der Waals surface area contributed by atoms with E-state index in [9.17, 15) is 13.5 Å². The summed E-state index contributed by atoms with van der Waals surface area (Å²) in [6, 6.07) is 11.4. The fourth-order valence-electron chi connectivity index (χ4n) is 2.46. The first-order chi connectivity index (χ1) is 9.92. The molecule has 2 aromatic carbocycles. The van der Waals surface area contributed by atoms with Crippen LogP contribution in [-0.4, -0.2) is 32.6 Å². The fraction of sp³-hybridized carbons (Fsp3) is 0.375. The molecule has 0 aliphatic heterocycles. The lowest BCUT2D eigenvalue weighted by Crippen LogP contribution is -2.06. The van der Waals surface area contributed by atoms with E-state index in [2.05, 4.69) is 0 Å². The second-order valence-corrected chi connectivity index (χ2v) is 7.45. The average molecular weight is 308 g/mol. The van der Waals surface area contributed by atoms with Crippen LogP contribution in [-0.2, 0) is 9.84 Å². The Morgan fingerprint density at radius 2 is 1.81 bits per heavy atom. The Bertz CT molecular complexity index is 722. The summed E-state index contributed by atoms with van der Waals surface area (Å²) in [6.45, 7) is 0. The zero-order valence-electron chi connectivity index (χ0n) is 12.2. The molecule has 0 bridgehead atoms. The third kappa shape index (κ3) is 3.95. The molecule has 0 aromatic heterocycles. The van der Waals surface area contributed by atoms with E-state index in [-0.39, 0.29) is 5.75 Å². The molecule has 114 valence electrons. The minimum absolute atomic E-state index is 0.0954. The number of hydrogen-bond acceptors (Lipinski definition) is 4. The number of benzene rings is 2. The van der Waals surface area contributed by atoms with Crippen molar-refractivity contribution in [2.24, 2.45) is 0 Å². The van der Waals surface area contributed by atoms with E-state index in [1.54, 1.807) is 7.11 Å². The molecule has 2 rings (SSSR count). The Balaban J connectivity index is 2.25. The molecule has 0 amide bonds. The summed E-state index contributed by atoms with van der Waals surface area (Å²) in [5, 5.41) is 12.2. The molecule has 21 heavy (non-hydrogen) atoms. The Morgan fingerprint density at radius 1 is 1.14 bits per heavy atom. The molecule has 0 aliphatic carbocycles. The van der Waals surface area contributed by atoms with Crippen LogP contribution in [0.1, 0.15) is 24.5 Å². The van der Waals surface area contributed by atoms with Gasteiger partial charge in [-0.25, -0.2) is 8.42 Å². The first kappa shape index (κ1) is 15.8. The van der Waals surface area contributed by atoms with Crippen molar-refractivity contribution in [3.05, 3.63) is 42.0 Å². The average Bonchev–Trinajstić information content (AvgIpc) is 2.44. The third-order valence-electron chi connectivity index (χ3n) is 3.49. The van der Waals surface area contributed by atoms with Gasteiger partial charge in [0.2, 0.25) is 0 Å². The summed E-state index contributed by atoms with van der Waals surface area (Å²) >= 11 is 0. The van der Waals surface area contributed by atoms with Gasteiger partial charge in [0.25, 0.3) is 0 Å². The van der Waals surface area contributed by atoms with Crippen LogP contribution in [0.4, 0.5) is 0 Å². The smallest absolute Gasteiger partial charge is 0.147 e. The van der Waals surface area contributed by atoms with Crippen LogP contribution in [0.25, 0.3) is 10.8 Å². The maximum Gasteiger partial charge on any atom is 0.147 e. The highest BCUT2D eigenvalue weighted by Crippen LogP contribution is 2.32. The van der Waals surface area contributed by atoms with Crippen LogP contribution in [0.15, 0.2) is 36.4 Å². The first-order valence-corrected chi connectivity index (χ1v) is 8.90. The lowest BCUT2D eigenvalue weighted by molar-refractivity contribution is 0.168. The van der Waals surface area contributed by atoms with E-state index in [4.69, 9.17) is 4.74 Å². The van der Waals surface area contributed by atoms with Gasteiger partial charge in [-0.3, -0.25) is 0 Å². The molecule has 1 unspecified atom stereocenters. The van der Waals surface area contributed by atoms with Crippen molar-refractivity contribution in [2.75, 3.05) is 19.1 Å². The van der Waals surface area contributed by atoms with Gasteiger partial charge >= 0.3 is 0 Å². The summed E-state index contributed by atoms with van der Waals surface area (Å²) in [5.74, 6) is 0.857. The van der Waals surface area contributed by atoms with E-state index in [0.717, 1.165) is 22.1 Å². The molecular formula is C16H20O4S. The number of hydrogen-bond donors (Lipinski definition) is 1. The number of fused-ring (bicyclic) bond motifs is 1. The highest BCUT2D eigenvalue weighted by atomic mass is 32.2. The minimum atomic E-state index is -2.99. The molecule has 0 heterocycles. The molecule has 4 nitrogen and oxygen atoms in total. The van der Waals surface area contributed by atoms with Crippen molar-refractivity contribution >= 4 is 20.6 Å². The maximum absolute atomic E-state index is 11.1. The number of sulfone groups is 1. The van der Waals surface area contributed by atoms with Crippen LogP contribution in [0, 0.1) is 0 Å². The van der Waals surface area contributed by atoms with Crippen molar-refractivity contribution in [3.8, 4) is 5.75 Å². The molecule has 2 aromatic rings.